The number of nitrogens with zero attached hydrogens (tertiary/aromatic N) is 1. The summed E-state index contributed by atoms with van der Waals surface area (Å²) in [6.45, 7) is 4.37. The zero-order valence-corrected chi connectivity index (χ0v) is 16.1. The van der Waals surface area contributed by atoms with Crippen molar-refractivity contribution in [2.45, 2.75) is 26.2 Å². The predicted octanol–water partition coefficient (Wildman–Crippen LogP) is 6.66. The summed E-state index contributed by atoms with van der Waals surface area (Å²) in [6.07, 6.45) is 3.83. The average molecular weight is 376 g/mol. The minimum atomic E-state index is -0.269. The van der Waals surface area contributed by atoms with Crippen LogP contribution in [0, 0.1) is 12.7 Å². The fourth-order valence-electron chi connectivity index (χ4n) is 3.60. The van der Waals surface area contributed by atoms with E-state index in [4.69, 9.17) is 4.74 Å². The lowest BCUT2D eigenvalue weighted by atomic mass is 10.1. The summed E-state index contributed by atoms with van der Waals surface area (Å²) in [4.78, 5) is 2.48. The number of piperidine rings is 1. The van der Waals surface area contributed by atoms with Gasteiger partial charge in [0.1, 0.15) is 17.3 Å². The second-order valence-electron chi connectivity index (χ2n) is 7.22. The molecule has 144 valence electrons. The van der Waals surface area contributed by atoms with Crippen LogP contribution >= 0.6 is 0 Å². The van der Waals surface area contributed by atoms with E-state index in [2.05, 4.69) is 35.3 Å². The monoisotopic (exact) mass is 376 g/mol. The van der Waals surface area contributed by atoms with Gasteiger partial charge < -0.3 is 15.0 Å². The van der Waals surface area contributed by atoms with E-state index in [-0.39, 0.29) is 5.82 Å². The van der Waals surface area contributed by atoms with E-state index in [0.717, 1.165) is 30.2 Å². The normalized spacial score (nSPS) is 14.0. The van der Waals surface area contributed by atoms with Crippen LogP contribution in [-0.2, 0) is 0 Å². The summed E-state index contributed by atoms with van der Waals surface area (Å²) < 4.78 is 18.8. The largest absolute Gasteiger partial charge is 0.457 e. The van der Waals surface area contributed by atoms with Gasteiger partial charge in [-0.05, 0) is 86.3 Å². The van der Waals surface area contributed by atoms with Crippen LogP contribution in [0.1, 0.15) is 24.8 Å². The second kappa shape index (κ2) is 8.34. The third kappa shape index (κ3) is 4.28. The number of hydrogen-bond donors (Lipinski definition) is 1. The maximum Gasteiger partial charge on any atom is 0.127 e. The lowest BCUT2D eigenvalue weighted by Crippen LogP contribution is -2.30. The van der Waals surface area contributed by atoms with Gasteiger partial charge in [0.15, 0.2) is 0 Å². The van der Waals surface area contributed by atoms with Gasteiger partial charge in [0, 0.05) is 18.8 Å². The Morgan fingerprint density at radius 1 is 0.821 bits per heavy atom. The van der Waals surface area contributed by atoms with Crippen LogP contribution in [0.4, 0.5) is 21.5 Å². The maximum atomic E-state index is 13.0. The molecule has 3 nitrogen and oxygen atoms in total. The number of hydrogen-bond acceptors (Lipinski definition) is 3. The summed E-state index contributed by atoms with van der Waals surface area (Å²) in [6, 6.07) is 20.4. The van der Waals surface area contributed by atoms with Crippen LogP contribution in [0.15, 0.2) is 66.7 Å². The third-order valence-electron chi connectivity index (χ3n) is 5.12. The zero-order valence-electron chi connectivity index (χ0n) is 16.1. The number of rotatable bonds is 5. The first-order valence-corrected chi connectivity index (χ1v) is 9.84. The number of anilines is 3. The molecule has 4 heteroatoms. The lowest BCUT2D eigenvalue weighted by molar-refractivity contribution is 0.480. The molecule has 0 bridgehead atoms. The summed E-state index contributed by atoms with van der Waals surface area (Å²) >= 11 is 0. The molecule has 28 heavy (non-hydrogen) atoms. The third-order valence-corrected chi connectivity index (χ3v) is 5.12. The summed E-state index contributed by atoms with van der Waals surface area (Å²) in [5.74, 6) is 1.07. The molecular formula is C24H25FN2O. The average Bonchev–Trinajstić information content (AvgIpc) is 2.73. The van der Waals surface area contributed by atoms with Gasteiger partial charge in [-0.2, -0.15) is 0 Å². The molecule has 0 aromatic heterocycles. The smallest absolute Gasteiger partial charge is 0.127 e. The number of benzene rings is 3. The first kappa shape index (κ1) is 18.4. The molecule has 3 aromatic carbocycles. The van der Waals surface area contributed by atoms with Gasteiger partial charge in [-0.3, -0.25) is 0 Å². The Bertz CT molecular complexity index is 916. The number of halogens is 1. The SMILES string of the molecule is Cc1cccc(N2CCCCC2)c1Nc1ccc(Oc2ccc(F)cc2)cc1. The molecule has 0 atom stereocenters. The van der Waals surface area contributed by atoms with E-state index in [1.807, 2.05) is 24.3 Å². The van der Waals surface area contributed by atoms with Crippen molar-refractivity contribution in [3.8, 4) is 11.5 Å². The summed E-state index contributed by atoms with van der Waals surface area (Å²) in [7, 11) is 0. The predicted molar refractivity (Wildman–Crippen MR) is 113 cm³/mol. The molecule has 1 heterocycles. The van der Waals surface area contributed by atoms with Crippen LogP contribution in [0.5, 0.6) is 11.5 Å². The topological polar surface area (TPSA) is 24.5 Å². The Labute approximate surface area is 165 Å². The van der Waals surface area contributed by atoms with Crippen molar-refractivity contribution in [1.29, 1.82) is 0 Å². The molecule has 4 rings (SSSR count). The van der Waals surface area contributed by atoms with Crippen LogP contribution in [0.25, 0.3) is 0 Å². The fraction of sp³-hybridized carbons (Fsp3) is 0.250. The van der Waals surface area contributed by atoms with Gasteiger partial charge in [-0.25, -0.2) is 4.39 Å². The molecular weight excluding hydrogens is 351 g/mol. The molecule has 0 unspecified atom stereocenters. The van der Waals surface area contributed by atoms with Crippen molar-refractivity contribution in [3.05, 3.63) is 78.1 Å². The maximum absolute atomic E-state index is 13.0. The number of para-hydroxylation sites is 1. The van der Waals surface area contributed by atoms with E-state index >= 15 is 0 Å². The molecule has 1 aliphatic rings. The van der Waals surface area contributed by atoms with E-state index in [0.29, 0.717) is 5.75 Å². The first-order valence-electron chi connectivity index (χ1n) is 9.84. The Morgan fingerprint density at radius 2 is 1.46 bits per heavy atom. The highest BCUT2D eigenvalue weighted by atomic mass is 19.1. The Balaban J connectivity index is 1.50. The highest BCUT2D eigenvalue weighted by Gasteiger charge is 2.16. The Kier molecular flexibility index (Phi) is 5.47. The number of aryl methyl sites for hydroxylation is 1. The summed E-state index contributed by atoms with van der Waals surface area (Å²) in [5, 5.41) is 3.59. The Morgan fingerprint density at radius 3 is 2.14 bits per heavy atom. The highest BCUT2D eigenvalue weighted by molar-refractivity contribution is 5.78. The molecule has 0 saturated carbocycles. The van der Waals surface area contributed by atoms with Gasteiger partial charge >= 0.3 is 0 Å². The van der Waals surface area contributed by atoms with Gasteiger partial charge in [-0.15, -0.1) is 0 Å². The molecule has 1 fully saturated rings. The first-order chi connectivity index (χ1) is 13.7. The van der Waals surface area contributed by atoms with Crippen LogP contribution in [-0.4, -0.2) is 13.1 Å². The zero-order chi connectivity index (χ0) is 19.3. The van der Waals surface area contributed by atoms with Crippen molar-refractivity contribution in [1.82, 2.24) is 0 Å². The van der Waals surface area contributed by atoms with Crippen LogP contribution in [0.2, 0.25) is 0 Å². The second-order valence-corrected chi connectivity index (χ2v) is 7.22. The number of ether oxygens (including phenoxy) is 1. The van der Waals surface area contributed by atoms with Crippen molar-refractivity contribution >= 4 is 17.1 Å². The number of nitrogens with one attached hydrogen (secondary N) is 1. The van der Waals surface area contributed by atoms with Crippen molar-refractivity contribution in [3.63, 3.8) is 0 Å². The lowest BCUT2D eigenvalue weighted by Gasteiger charge is -2.31. The Hall–Kier alpha value is -3.01. The molecule has 0 radical (unpaired) electrons. The minimum Gasteiger partial charge on any atom is -0.457 e. The molecule has 0 amide bonds. The summed E-state index contributed by atoms with van der Waals surface area (Å²) in [5.41, 5.74) is 4.68. The van der Waals surface area contributed by atoms with E-state index in [9.17, 15) is 4.39 Å². The van der Waals surface area contributed by atoms with Crippen LogP contribution < -0.4 is 15.0 Å². The van der Waals surface area contributed by atoms with E-state index in [1.54, 1.807) is 12.1 Å². The fourth-order valence-corrected chi connectivity index (χ4v) is 3.60. The molecule has 0 aliphatic carbocycles. The van der Waals surface area contributed by atoms with Gasteiger partial charge in [0.05, 0.1) is 11.4 Å². The van der Waals surface area contributed by atoms with Gasteiger partial charge in [-0.1, -0.05) is 12.1 Å². The van der Waals surface area contributed by atoms with Gasteiger partial charge in [0.25, 0.3) is 0 Å². The quantitative estimate of drug-likeness (QED) is 0.539. The highest BCUT2D eigenvalue weighted by Crippen LogP contribution is 2.34. The van der Waals surface area contributed by atoms with Crippen molar-refractivity contribution in [2.75, 3.05) is 23.3 Å². The molecule has 1 aliphatic heterocycles. The van der Waals surface area contributed by atoms with Crippen molar-refractivity contribution < 1.29 is 9.13 Å². The van der Waals surface area contributed by atoms with Gasteiger partial charge in [0.2, 0.25) is 0 Å². The minimum absolute atomic E-state index is 0.269. The molecule has 1 N–H and O–H groups in total. The van der Waals surface area contributed by atoms with E-state index < -0.39 is 0 Å². The molecule has 0 spiro atoms. The standard InChI is InChI=1S/C24H25FN2O/c1-18-6-5-7-23(27-16-3-2-4-17-27)24(18)26-20-10-14-22(15-11-20)28-21-12-8-19(25)9-13-21/h5-15,26H,2-4,16-17H2,1H3. The molecule has 1 saturated heterocycles. The van der Waals surface area contributed by atoms with Crippen molar-refractivity contribution in [2.24, 2.45) is 0 Å². The van der Waals surface area contributed by atoms with E-state index in [1.165, 1.54) is 42.6 Å². The van der Waals surface area contributed by atoms with Crippen LogP contribution in [0.3, 0.4) is 0 Å². The molecule has 3 aromatic rings.